The van der Waals surface area contributed by atoms with E-state index in [0.717, 1.165) is 22.3 Å². The third-order valence-corrected chi connectivity index (χ3v) is 5.90. The molecule has 31 heavy (non-hydrogen) atoms. The van der Waals surface area contributed by atoms with Crippen molar-refractivity contribution in [1.82, 2.24) is 0 Å². The van der Waals surface area contributed by atoms with Gasteiger partial charge < -0.3 is 5.11 Å². The van der Waals surface area contributed by atoms with E-state index in [1.54, 1.807) is 30.3 Å². The SMILES string of the molecule is Cc1cccc(C2/C(=C(\O)c3ccc(C)c(C)c3)C(=O)C(=O)N2c2cccc(Cl)c2)c1. The molecule has 0 spiro atoms. The topological polar surface area (TPSA) is 57.6 Å². The monoisotopic (exact) mass is 431 g/mol. The van der Waals surface area contributed by atoms with Gasteiger partial charge in [0.25, 0.3) is 11.7 Å². The molecule has 1 atom stereocenters. The summed E-state index contributed by atoms with van der Waals surface area (Å²) >= 11 is 6.17. The first-order valence-corrected chi connectivity index (χ1v) is 10.4. The van der Waals surface area contributed by atoms with Crippen LogP contribution in [0.3, 0.4) is 0 Å². The summed E-state index contributed by atoms with van der Waals surface area (Å²) in [6.07, 6.45) is 0. The fraction of sp³-hybridized carbons (Fsp3) is 0.154. The zero-order valence-electron chi connectivity index (χ0n) is 17.5. The van der Waals surface area contributed by atoms with Crippen LogP contribution in [0.2, 0.25) is 5.02 Å². The van der Waals surface area contributed by atoms with Crippen molar-refractivity contribution in [3.05, 3.63) is 105 Å². The number of aliphatic hydroxyl groups excluding tert-OH is 1. The molecule has 3 aromatic rings. The molecule has 156 valence electrons. The summed E-state index contributed by atoms with van der Waals surface area (Å²) in [5, 5.41) is 11.7. The van der Waals surface area contributed by atoms with Crippen LogP contribution in [0.5, 0.6) is 0 Å². The summed E-state index contributed by atoms with van der Waals surface area (Å²) in [6.45, 7) is 5.86. The average molecular weight is 432 g/mol. The largest absolute Gasteiger partial charge is 0.507 e. The molecule has 0 radical (unpaired) electrons. The normalized spacial score (nSPS) is 17.9. The highest BCUT2D eigenvalue weighted by molar-refractivity contribution is 6.51. The molecule has 1 fully saturated rings. The van der Waals surface area contributed by atoms with Crippen molar-refractivity contribution >= 4 is 34.7 Å². The molecule has 0 saturated carbocycles. The molecule has 1 N–H and O–H groups in total. The van der Waals surface area contributed by atoms with Gasteiger partial charge in [-0.3, -0.25) is 14.5 Å². The number of carbonyl (C=O) groups is 2. The number of anilines is 1. The standard InChI is InChI=1S/C26H22ClNO3/c1-15-6-4-7-18(12-15)23-22(24(29)19-11-10-16(2)17(3)13-19)25(30)26(31)28(23)21-9-5-8-20(27)14-21/h4-14,23,29H,1-3H3/b24-22+. The van der Waals surface area contributed by atoms with E-state index in [2.05, 4.69) is 0 Å². The lowest BCUT2D eigenvalue weighted by atomic mass is 9.93. The second-order valence-electron chi connectivity index (χ2n) is 7.86. The Hall–Kier alpha value is -3.37. The predicted octanol–water partition coefficient (Wildman–Crippen LogP) is 5.89. The lowest BCUT2D eigenvalue weighted by Gasteiger charge is -2.26. The van der Waals surface area contributed by atoms with Crippen LogP contribution in [0.15, 0.2) is 72.3 Å². The van der Waals surface area contributed by atoms with Gasteiger partial charge in [0, 0.05) is 16.3 Å². The Morgan fingerprint density at radius 3 is 2.32 bits per heavy atom. The van der Waals surface area contributed by atoms with Crippen LogP contribution in [-0.2, 0) is 9.59 Å². The molecule has 1 unspecified atom stereocenters. The van der Waals surface area contributed by atoms with Crippen molar-refractivity contribution < 1.29 is 14.7 Å². The van der Waals surface area contributed by atoms with Gasteiger partial charge in [0.05, 0.1) is 11.6 Å². The number of rotatable bonds is 3. The summed E-state index contributed by atoms with van der Waals surface area (Å²) < 4.78 is 0. The maximum Gasteiger partial charge on any atom is 0.300 e. The smallest absolute Gasteiger partial charge is 0.300 e. The van der Waals surface area contributed by atoms with Crippen molar-refractivity contribution in [1.29, 1.82) is 0 Å². The van der Waals surface area contributed by atoms with Crippen molar-refractivity contribution in [2.24, 2.45) is 0 Å². The number of halogens is 1. The molecule has 4 rings (SSSR count). The van der Waals surface area contributed by atoms with Crippen LogP contribution in [0.25, 0.3) is 5.76 Å². The zero-order chi connectivity index (χ0) is 22.3. The number of benzene rings is 3. The van der Waals surface area contributed by atoms with Gasteiger partial charge >= 0.3 is 0 Å². The number of ketones is 1. The number of nitrogens with zero attached hydrogens (tertiary/aromatic N) is 1. The van der Waals surface area contributed by atoms with Gasteiger partial charge in [-0.05, 0) is 61.7 Å². The molecule has 1 aliphatic heterocycles. The molecule has 5 heteroatoms. The quantitative estimate of drug-likeness (QED) is 0.319. The van der Waals surface area contributed by atoms with Gasteiger partial charge in [-0.2, -0.15) is 0 Å². The minimum absolute atomic E-state index is 0.0684. The fourth-order valence-electron chi connectivity index (χ4n) is 3.92. The van der Waals surface area contributed by atoms with E-state index in [0.29, 0.717) is 16.3 Å². The lowest BCUT2D eigenvalue weighted by Crippen LogP contribution is -2.29. The molecule has 1 saturated heterocycles. The van der Waals surface area contributed by atoms with Gasteiger partial charge in [-0.1, -0.05) is 59.6 Å². The molecule has 1 heterocycles. The number of carbonyl (C=O) groups excluding carboxylic acids is 2. The summed E-state index contributed by atoms with van der Waals surface area (Å²) in [4.78, 5) is 27.7. The summed E-state index contributed by atoms with van der Waals surface area (Å²) in [6, 6.07) is 19.1. The van der Waals surface area contributed by atoms with Crippen LogP contribution in [0, 0.1) is 20.8 Å². The lowest BCUT2D eigenvalue weighted by molar-refractivity contribution is -0.132. The van der Waals surface area contributed by atoms with Crippen LogP contribution in [0.4, 0.5) is 5.69 Å². The van der Waals surface area contributed by atoms with E-state index in [-0.39, 0.29) is 11.3 Å². The Morgan fingerprint density at radius 2 is 1.65 bits per heavy atom. The van der Waals surface area contributed by atoms with E-state index in [9.17, 15) is 14.7 Å². The number of aliphatic hydroxyl groups is 1. The molecular weight excluding hydrogens is 410 g/mol. The zero-order valence-corrected chi connectivity index (χ0v) is 18.3. The van der Waals surface area contributed by atoms with E-state index in [1.807, 2.05) is 57.2 Å². The molecule has 1 aliphatic rings. The van der Waals surface area contributed by atoms with Gasteiger partial charge in [-0.15, -0.1) is 0 Å². The van der Waals surface area contributed by atoms with Crippen molar-refractivity contribution in [2.75, 3.05) is 4.90 Å². The Morgan fingerprint density at radius 1 is 0.903 bits per heavy atom. The Bertz CT molecular complexity index is 1240. The summed E-state index contributed by atoms with van der Waals surface area (Å²) in [5.74, 6) is -1.60. The summed E-state index contributed by atoms with van der Waals surface area (Å²) in [5.41, 5.74) is 4.86. The van der Waals surface area contributed by atoms with E-state index < -0.39 is 17.7 Å². The van der Waals surface area contributed by atoms with Crippen molar-refractivity contribution in [3.8, 4) is 0 Å². The minimum Gasteiger partial charge on any atom is -0.507 e. The van der Waals surface area contributed by atoms with Crippen LogP contribution < -0.4 is 4.90 Å². The Balaban J connectivity index is 1.97. The van der Waals surface area contributed by atoms with Crippen LogP contribution >= 0.6 is 11.6 Å². The van der Waals surface area contributed by atoms with E-state index >= 15 is 0 Å². The van der Waals surface area contributed by atoms with Crippen molar-refractivity contribution in [2.45, 2.75) is 26.8 Å². The maximum atomic E-state index is 13.2. The predicted molar refractivity (Wildman–Crippen MR) is 123 cm³/mol. The second-order valence-corrected chi connectivity index (χ2v) is 8.30. The molecule has 0 bridgehead atoms. The highest BCUT2D eigenvalue weighted by Gasteiger charge is 2.47. The maximum absolute atomic E-state index is 13.2. The van der Waals surface area contributed by atoms with Gasteiger partial charge in [0.15, 0.2) is 0 Å². The van der Waals surface area contributed by atoms with Crippen molar-refractivity contribution in [3.63, 3.8) is 0 Å². The first kappa shape index (κ1) is 20.9. The Labute approximate surface area is 186 Å². The third-order valence-electron chi connectivity index (χ3n) is 5.67. The fourth-order valence-corrected chi connectivity index (χ4v) is 4.11. The van der Waals surface area contributed by atoms with Gasteiger partial charge in [0.1, 0.15) is 5.76 Å². The van der Waals surface area contributed by atoms with Crippen LogP contribution in [-0.4, -0.2) is 16.8 Å². The Kier molecular flexibility index (Phi) is 5.42. The van der Waals surface area contributed by atoms with E-state index in [1.165, 1.54) is 4.90 Å². The molecule has 4 nitrogen and oxygen atoms in total. The second kappa shape index (κ2) is 8.05. The first-order chi connectivity index (χ1) is 14.8. The average Bonchev–Trinajstić information content (AvgIpc) is 3.00. The molecule has 3 aromatic carbocycles. The van der Waals surface area contributed by atoms with Gasteiger partial charge in [-0.25, -0.2) is 0 Å². The highest BCUT2D eigenvalue weighted by Crippen LogP contribution is 2.42. The number of amides is 1. The molecular formula is C26H22ClNO3. The molecule has 0 aromatic heterocycles. The van der Waals surface area contributed by atoms with Crippen LogP contribution in [0.1, 0.15) is 33.9 Å². The number of Topliss-reactive ketones (excluding diaryl/α,β-unsaturated/α-hetero) is 1. The van der Waals surface area contributed by atoms with E-state index in [4.69, 9.17) is 11.6 Å². The number of hydrogen-bond donors (Lipinski definition) is 1. The highest BCUT2D eigenvalue weighted by atomic mass is 35.5. The minimum atomic E-state index is -0.764. The molecule has 1 amide bonds. The van der Waals surface area contributed by atoms with Gasteiger partial charge in [0.2, 0.25) is 0 Å². The number of aryl methyl sites for hydroxylation is 3. The number of hydrogen-bond acceptors (Lipinski definition) is 3. The third kappa shape index (κ3) is 3.75. The molecule has 0 aliphatic carbocycles. The first-order valence-electron chi connectivity index (χ1n) is 9.98. The summed E-state index contributed by atoms with van der Waals surface area (Å²) in [7, 11) is 0.